The van der Waals surface area contributed by atoms with Crippen molar-refractivity contribution in [3.63, 3.8) is 0 Å². The van der Waals surface area contributed by atoms with E-state index in [1.165, 1.54) is 0 Å². The van der Waals surface area contributed by atoms with Crippen LogP contribution in [0.15, 0.2) is 0 Å². The van der Waals surface area contributed by atoms with Crippen molar-refractivity contribution in [2.45, 2.75) is 51.9 Å². The van der Waals surface area contributed by atoms with Crippen LogP contribution in [0.2, 0.25) is 0 Å². The summed E-state index contributed by atoms with van der Waals surface area (Å²) in [5, 5.41) is 20.7. The molecule has 1 unspecified atom stereocenters. The highest BCUT2D eigenvalue weighted by Gasteiger charge is 2.36. The van der Waals surface area contributed by atoms with Gasteiger partial charge < -0.3 is 15.5 Å². The zero-order chi connectivity index (χ0) is 14.3. The van der Waals surface area contributed by atoms with Gasteiger partial charge in [-0.1, -0.05) is 26.2 Å². The van der Waals surface area contributed by atoms with Crippen molar-refractivity contribution in [2.75, 3.05) is 13.2 Å². The molecule has 1 rings (SSSR count). The molecular weight excluding hydrogens is 246 g/mol. The number of carbonyl (C=O) groups is 2. The Labute approximate surface area is 114 Å². The monoisotopic (exact) mass is 271 g/mol. The van der Waals surface area contributed by atoms with Gasteiger partial charge in [0.2, 0.25) is 5.91 Å². The van der Waals surface area contributed by atoms with Crippen LogP contribution in [0.3, 0.4) is 0 Å². The fraction of sp³-hybridized carbons (Fsp3) is 0.857. The molecule has 0 heterocycles. The number of aliphatic hydroxyl groups is 1. The molecule has 0 saturated heterocycles. The SMILES string of the molecule is CC(CO)CNC(=O)CC1(CC(=O)O)CCCCC1. The fourth-order valence-electron chi connectivity index (χ4n) is 2.79. The van der Waals surface area contributed by atoms with Crippen molar-refractivity contribution in [3.05, 3.63) is 0 Å². The van der Waals surface area contributed by atoms with Crippen molar-refractivity contribution in [1.82, 2.24) is 5.32 Å². The summed E-state index contributed by atoms with van der Waals surface area (Å²) in [5.41, 5.74) is -0.364. The molecule has 0 aromatic rings. The molecule has 3 N–H and O–H groups in total. The summed E-state index contributed by atoms with van der Waals surface area (Å²) in [6.45, 7) is 2.34. The normalized spacial score (nSPS) is 19.7. The Morgan fingerprint density at radius 1 is 1.21 bits per heavy atom. The highest BCUT2D eigenvalue weighted by atomic mass is 16.4. The van der Waals surface area contributed by atoms with Crippen LogP contribution in [0.1, 0.15) is 51.9 Å². The van der Waals surface area contributed by atoms with Gasteiger partial charge in [-0.15, -0.1) is 0 Å². The molecule has 1 fully saturated rings. The van der Waals surface area contributed by atoms with E-state index in [-0.39, 0.29) is 36.7 Å². The topological polar surface area (TPSA) is 86.6 Å². The lowest BCUT2D eigenvalue weighted by Crippen LogP contribution is -2.37. The lowest BCUT2D eigenvalue weighted by atomic mass is 9.69. The second kappa shape index (κ2) is 7.48. The maximum Gasteiger partial charge on any atom is 0.303 e. The van der Waals surface area contributed by atoms with Gasteiger partial charge in [-0.3, -0.25) is 9.59 Å². The first-order valence-corrected chi connectivity index (χ1v) is 7.07. The Morgan fingerprint density at radius 3 is 2.37 bits per heavy atom. The van der Waals surface area contributed by atoms with Crippen LogP contribution in [0.5, 0.6) is 0 Å². The largest absolute Gasteiger partial charge is 0.481 e. The van der Waals surface area contributed by atoms with Crippen LogP contribution < -0.4 is 5.32 Å². The van der Waals surface area contributed by atoms with E-state index in [1.54, 1.807) is 0 Å². The van der Waals surface area contributed by atoms with Gasteiger partial charge in [0.25, 0.3) is 0 Å². The minimum absolute atomic E-state index is 0.0331. The number of aliphatic carboxylic acids is 1. The number of nitrogens with one attached hydrogen (secondary N) is 1. The van der Waals surface area contributed by atoms with Crippen molar-refractivity contribution in [2.24, 2.45) is 11.3 Å². The Hall–Kier alpha value is -1.10. The summed E-state index contributed by atoms with van der Waals surface area (Å²) in [5.74, 6) is -0.882. The molecule has 1 saturated carbocycles. The maximum atomic E-state index is 11.9. The van der Waals surface area contributed by atoms with E-state index in [0.29, 0.717) is 6.54 Å². The van der Waals surface area contributed by atoms with E-state index < -0.39 is 5.97 Å². The first-order valence-electron chi connectivity index (χ1n) is 7.07. The summed E-state index contributed by atoms with van der Waals surface area (Å²) in [4.78, 5) is 22.9. The zero-order valence-electron chi connectivity index (χ0n) is 11.7. The van der Waals surface area contributed by atoms with Gasteiger partial charge >= 0.3 is 5.97 Å². The van der Waals surface area contributed by atoms with E-state index >= 15 is 0 Å². The summed E-state index contributed by atoms with van der Waals surface area (Å²) >= 11 is 0. The Kier molecular flexibility index (Phi) is 6.28. The van der Waals surface area contributed by atoms with Gasteiger partial charge in [-0.25, -0.2) is 0 Å². The Balaban J connectivity index is 2.52. The van der Waals surface area contributed by atoms with E-state index in [4.69, 9.17) is 10.2 Å². The number of amides is 1. The van der Waals surface area contributed by atoms with E-state index in [9.17, 15) is 9.59 Å². The third-order valence-corrected chi connectivity index (χ3v) is 3.94. The molecule has 110 valence electrons. The third-order valence-electron chi connectivity index (χ3n) is 3.94. The van der Waals surface area contributed by atoms with Gasteiger partial charge in [0, 0.05) is 19.6 Å². The highest BCUT2D eigenvalue weighted by molar-refractivity contribution is 5.78. The number of carboxylic acids is 1. The maximum absolute atomic E-state index is 11.9. The number of rotatable bonds is 7. The molecule has 0 spiro atoms. The quantitative estimate of drug-likeness (QED) is 0.655. The molecule has 1 amide bonds. The molecular formula is C14H25NO4. The number of carboxylic acid groups (broad SMARTS) is 1. The average molecular weight is 271 g/mol. The molecule has 5 heteroatoms. The number of hydrogen-bond acceptors (Lipinski definition) is 3. The second-order valence-corrected chi connectivity index (χ2v) is 5.90. The number of carbonyl (C=O) groups excluding carboxylic acids is 1. The van der Waals surface area contributed by atoms with Crippen LogP contribution in [-0.4, -0.2) is 35.2 Å². The molecule has 0 aliphatic heterocycles. The molecule has 1 atom stereocenters. The number of aliphatic hydroxyl groups excluding tert-OH is 1. The van der Waals surface area contributed by atoms with Crippen LogP contribution in [0, 0.1) is 11.3 Å². The minimum Gasteiger partial charge on any atom is -0.481 e. The molecule has 0 radical (unpaired) electrons. The van der Waals surface area contributed by atoms with Crippen molar-refractivity contribution >= 4 is 11.9 Å². The van der Waals surface area contributed by atoms with Gasteiger partial charge in [-0.05, 0) is 24.2 Å². The first kappa shape index (κ1) is 16.0. The molecule has 1 aliphatic rings. The van der Waals surface area contributed by atoms with Crippen LogP contribution >= 0.6 is 0 Å². The highest BCUT2D eigenvalue weighted by Crippen LogP contribution is 2.42. The second-order valence-electron chi connectivity index (χ2n) is 5.90. The summed E-state index contributed by atoms with van der Waals surface area (Å²) in [6, 6.07) is 0. The van der Waals surface area contributed by atoms with Crippen molar-refractivity contribution in [3.8, 4) is 0 Å². The summed E-state index contributed by atoms with van der Waals surface area (Å²) < 4.78 is 0. The number of hydrogen-bond donors (Lipinski definition) is 3. The fourth-order valence-corrected chi connectivity index (χ4v) is 2.79. The molecule has 5 nitrogen and oxygen atoms in total. The lowest BCUT2D eigenvalue weighted by molar-refractivity contribution is -0.141. The molecule has 0 aromatic heterocycles. The molecule has 0 aromatic carbocycles. The van der Waals surface area contributed by atoms with Crippen molar-refractivity contribution in [1.29, 1.82) is 0 Å². The minimum atomic E-state index is -0.821. The molecule has 0 bridgehead atoms. The average Bonchev–Trinajstić information content (AvgIpc) is 2.35. The molecule has 19 heavy (non-hydrogen) atoms. The Morgan fingerprint density at radius 2 is 1.84 bits per heavy atom. The predicted molar refractivity (Wildman–Crippen MR) is 71.6 cm³/mol. The first-order chi connectivity index (χ1) is 8.97. The van der Waals surface area contributed by atoms with E-state index in [2.05, 4.69) is 5.32 Å². The summed E-state index contributed by atoms with van der Waals surface area (Å²) in [6.07, 6.45) is 5.16. The van der Waals surface area contributed by atoms with Crippen LogP contribution in [0.4, 0.5) is 0 Å². The third kappa shape index (κ3) is 5.59. The Bertz CT molecular complexity index is 311. The van der Waals surface area contributed by atoms with E-state index in [1.807, 2.05) is 6.92 Å². The zero-order valence-corrected chi connectivity index (χ0v) is 11.7. The predicted octanol–water partition coefficient (Wildman–Crippen LogP) is 1.55. The van der Waals surface area contributed by atoms with Gasteiger partial charge in [0.1, 0.15) is 0 Å². The van der Waals surface area contributed by atoms with Gasteiger partial charge in [0.05, 0.1) is 6.42 Å². The summed E-state index contributed by atoms with van der Waals surface area (Å²) in [7, 11) is 0. The lowest BCUT2D eigenvalue weighted by Gasteiger charge is -2.35. The smallest absolute Gasteiger partial charge is 0.303 e. The van der Waals surface area contributed by atoms with Gasteiger partial charge in [0.15, 0.2) is 0 Å². The van der Waals surface area contributed by atoms with Crippen LogP contribution in [-0.2, 0) is 9.59 Å². The van der Waals surface area contributed by atoms with E-state index in [0.717, 1.165) is 32.1 Å². The molecule has 1 aliphatic carbocycles. The standard InChI is InChI=1S/C14H25NO4/c1-11(10-16)9-15-12(17)7-14(8-13(18)19)5-3-2-4-6-14/h11,16H,2-10H2,1H3,(H,15,17)(H,18,19). The van der Waals surface area contributed by atoms with Gasteiger partial charge in [-0.2, -0.15) is 0 Å². The van der Waals surface area contributed by atoms with Crippen molar-refractivity contribution < 1.29 is 19.8 Å². The van der Waals surface area contributed by atoms with Crippen LogP contribution in [0.25, 0.3) is 0 Å².